The molecule has 0 radical (unpaired) electrons. The first-order valence-corrected chi connectivity index (χ1v) is 10.5. The number of nitrogens with one attached hydrogen (secondary N) is 1. The van der Waals surface area contributed by atoms with Gasteiger partial charge in [0.15, 0.2) is 11.6 Å². The molecule has 1 saturated carbocycles. The van der Waals surface area contributed by atoms with Crippen LogP contribution >= 0.6 is 0 Å². The summed E-state index contributed by atoms with van der Waals surface area (Å²) in [5.41, 5.74) is 3.28. The molecule has 5 heteroatoms. The maximum absolute atomic E-state index is 13.5. The van der Waals surface area contributed by atoms with Crippen LogP contribution in [0.1, 0.15) is 73.6 Å². The van der Waals surface area contributed by atoms with Crippen molar-refractivity contribution in [2.45, 2.75) is 89.6 Å². The molecule has 2 saturated heterocycles. The summed E-state index contributed by atoms with van der Waals surface area (Å²) in [6.45, 7) is 8.79. The fourth-order valence-electron chi connectivity index (χ4n) is 5.45. The normalized spacial score (nSPS) is 35.1. The Labute approximate surface area is 167 Å². The van der Waals surface area contributed by atoms with Crippen molar-refractivity contribution in [2.24, 2.45) is 0 Å². The summed E-state index contributed by atoms with van der Waals surface area (Å²) in [6.07, 6.45) is 4.68. The highest BCUT2D eigenvalue weighted by molar-refractivity contribution is 6.17. The van der Waals surface area contributed by atoms with E-state index in [0.29, 0.717) is 32.3 Å². The fourth-order valence-corrected chi connectivity index (χ4v) is 5.45. The van der Waals surface area contributed by atoms with E-state index >= 15 is 0 Å². The van der Waals surface area contributed by atoms with Crippen molar-refractivity contribution in [3.8, 4) is 0 Å². The van der Waals surface area contributed by atoms with Crippen LogP contribution in [0.15, 0.2) is 12.1 Å². The number of benzene rings is 1. The molecule has 0 aromatic heterocycles. The molecule has 2 spiro atoms. The van der Waals surface area contributed by atoms with Crippen LogP contribution in [0.2, 0.25) is 0 Å². The molecule has 1 amide bonds. The summed E-state index contributed by atoms with van der Waals surface area (Å²) >= 11 is 0. The number of hydrogen-bond acceptors (Lipinski definition) is 4. The van der Waals surface area contributed by atoms with Gasteiger partial charge in [-0.1, -0.05) is 31.0 Å². The lowest BCUT2D eigenvalue weighted by molar-refractivity contribution is -0.195. The molecule has 1 N–H and O–H groups in total. The van der Waals surface area contributed by atoms with Crippen molar-refractivity contribution in [3.05, 3.63) is 34.4 Å². The van der Waals surface area contributed by atoms with E-state index in [0.717, 1.165) is 35.1 Å². The van der Waals surface area contributed by atoms with Crippen molar-refractivity contribution in [2.75, 3.05) is 6.61 Å². The highest BCUT2D eigenvalue weighted by atomic mass is 16.7. The van der Waals surface area contributed by atoms with Gasteiger partial charge in [-0.2, -0.15) is 0 Å². The van der Waals surface area contributed by atoms with E-state index < -0.39 is 17.2 Å². The molecule has 2 atom stereocenters. The summed E-state index contributed by atoms with van der Waals surface area (Å²) in [4.78, 5) is 26.4. The molecule has 5 nitrogen and oxygen atoms in total. The van der Waals surface area contributed by atoms with Crippen LogP contribution in [-0.2, 0) is 19.1 Å². The molecule has 1 aliphatic carbocycles. The number of ether oxygens (including phenoxy) is 2. The van der Waals surface area contributed by atoms with Gasteiger partial charge in [-0.05, 0) is 56.7 Å². The molecular weight excluding hydrogens is 354 g/mol. The Morgan fingerprint density at radius 2 is 1.71 bits per heavy atom. The van der Waals surface area contributed by atoms with Crippen molar-refractivity contribution < 1.29 is 19.1 Å². The Morgan fingerprint density at radius 3 is 2.32 bits per heavy atom. The minimum atomic E-state index is -0.771. The van der Waals surface area contributed by atoms with Crippen LogP contribution in [0.4, 0.5) is 0 Å². The second kappa shape index (κ2) is 6.96. The first-order valence-electron chi connectivity index (χ1n) is 10.5. The molecule has 2 unspecified atom stereocenters. The van der Waals surface area contributed by atoms with E-state index in [1.165, 1.54) is 0 Å². The van der Waals surface area contributed by atoms with Crippen molar-refractivity contribution in [3.63, 3.8) is 0 Å². The number of hydrogen-bond donors (Lipinski definition) is 1. The van der Waals surface area contributed by atoms with Crippen LogP contribution in [-0.4, -0.2) is 35.7 Å². The number of amides is 1. The topological polar surface area (TPSA) is 64.6 Å². The summed E-state index contributed by atoms with van der Waals surface area (Å²) in [5.74, 6) is -1.41. The van der Waals surface area contributed by atoms with E-state index in [4.69, 9.17) is 9.47 Å². The van der Waals surface area contributed by atoms with Gasteiger partial charge in [-0.25, -0.2) is 0 Å². The molecule has 1 aromatic carbocycles. The monoisotopic (exact) mass is 385 g/mol. The number of carbonyl (C=O) groups is 2. The third-order valence-electron chi connectivity index (χ3n) is 6.77. The quantitative estimate of drug-likeness (QED) is 0.807. The van der Waals surface area contributed by atoms with Gasteiger partial charge in [0, 0.05) is 12.8 Å². The number of aryl methyl sites for hydroxylation is 3. The summed E-state index contributed by atoms with van der Waals surface area (Å²) in [5, 5.41) is 3.08. The number of carbonyl (C=O) groups excluding carboxylic acids is 2. The SMILES string of the molecule is CCCC1COC2(CCC3(CC2)NC(=O)C(c2c(C)cc(C)cc2C)C3=O)O1. The van der Waals surface area contributed by atoms with E-state index in [-0.39, 0.29) is 17.8 Å². The predicted molar refractivity (Wildman–Crippen MR) is 106 cm³/mol. The van der Waals surface area contributed by atoms with Crippen LogP contribution in [0, 0.1) is 20.8 Å². The Hall–Kier alpha value is -1.72. The Bertz CT molecular complexity index is 784. The number of rotatable bonds is 3. The fraction of sp³-hybridized carbons (Fsp3) is 0.652. The Balaban J connectivity index is 1.54. The molecule has 2 heterocycles. The van der Waals surface area contributed by atoms with Gasteiger partial charge < -0.3 is 14.8 Å². The summed E-state index contributed by atoms with van der Waals surface area (Å²) in [6, 6.07) is 4.11. The van der Waals surface area contributed by atoms with Gasteiger partial charge >= 0.3 is 0 Å². The molecule has 4 rings (SSSR count). The molecule has 3 aliphatic rings. The minimum Gasteiger partial charge on any atom is -0.347 e. The average molecular weight is 386 g/mol. The predicted octanol–water partition coefficient (Wildman–Crippen LogP) is 3.62. The van der Waals surface area contributed by atoms with E-state index in [9.17, 15) is 9.59 Å². The Kier molecular flexibility index (Phi) is 4.87. The maximum atomic E-state index is 13.5. The molecule has 2 aliphatic heterocycles. The highest BCUT2D eigenvalue weighted by Gasteiger charge is 2.58. The molecular formula is C23H31NO4. The Morgan fingerprint density at radius 1 is 1.07 bits per heavy atom. The zero-order valence-electron chi connectivity index (χ0n) is 17.4. The smallest absolute Gasteiger partial charge is 0.235 e. The number of ketones is 1. The molecule has 152 valence electrons. The lowest BCUT2D eigenvalue weighted by Crippen LogP contribution is -2.53. The van der Waals surface area contributed by atoms with Crippen LogP contribution in [0.5, 0.6) is 0 Å². The summed E-state index contributed by atoms with van der Waals surface area (Å²) < 4.78 is 12.2. The van der Waals surface area contributed by atoms with E-state index in [1.807, 2.05) is 20.8 Å². The van der Waals surface area contributed by atoms with Gasteiger partial charge in [0.05, 0.1) is 12.7 Å². The zero-order chi connectivity index (χ0) is 20.1. The van der Waals surface area contributed by atoms with Crippen molar-refractivity contribution in [1.82, 2.24) is 5.32 Å². The second-order valence-electron chi connectivity index (χ2n) is 8.93. The van der Waals surface area contributed by atoms with Gasteiger partial charge in [0.25, 0.3) is 0 Å². The summed E-state index contributed by atoms with van der Waals surface area (Å²) in [7, 11) is 0. The molecule has 1 aromatic rings. The van der Waals surface area contributed by atoms with Crippen molar-refractivity contribution >= 4 is 11.7 Å². The zero-order valence-corrected chi connectivity index (χ0v) is 17.4. The van der Waals surface area contributed by atoms with Crippen LogP contribution in [0.25, 0.3) is 0 Å². The third-order valence-corrected chi connectivity index (χ3v) is 6.77. The number of Topliss-reactive ketones (excluding diaryl/α,β-unsaturated/α-hetero) is 1. The molecule has 3 fully saturated rings. The van der Waals surface area contributed by atoms with Crippen LogP contribution < -0.4 is 5.32 Å². The molecule has 0 bridgehead atoms. The van der Waals surface area contributed by atoms with Gasteiger partial charge in [-0.15, -0.1) is 0 Å². The largest absolute Gasteiger partial charge is 0.347 e. The standard InChI is InChI=1S/C23H31NO4/c1-5-6-17-13-27-23(28-17)9-7-22(8-10-23)20(25)19(21(26)24-22)18-15(3)11-14(2)12-16(18)4/h11-12,17,19H,5-10,13H2,1-4H3,(H,24,26). The van der Waals surface area contributed by atoms with Gasteiger partial charge in [0.2, 0.25) is 5.91 Å². The lowest BCUT2D eigenvalue weighted by Gasteiger charge is -2.40. The van der Waals surface area contributed by atoms with E-state index in [1.54, 1.807) is 0 Å². The first-order chi connectivity index (χ1) is 13.3. The van der Waals surface area contributed by atoms with Gasteiger partial charge in [-0.3, -0.25) is 9.59 Å². The third kappa shape index (κ3) is 3.09. The highest BCUT2D eigenvalue weighted by Crippen LogP contribution is 2.47. The minimum absolute atomic E-state index is 0.0190. The van der Waals surface area contributed by atoms with Gasteiger partial charge in [0.1, 0.15) is 11.5 Å². The molecule has 28 heavy (non-hydrogen) atoms. The first kappa shape index (κ1) is 19.6. The van der Waals surface area contributed by atoms with Crippen LogP contribution in [0.3, 0.4) is 0 Å². The van der Waals surface area contributed by atoms with E-state index in [2.05, 4.69) is 24.4 Å². The maximum Gasteiger partial charge on any atom is 0.235 e. The second-order valence-corrected chi connectivity index (χ2v) is 8.93. The lowest BCUT2D eigenvalue weighted by atomic mass is 9.74. The van der Waals surface area contributed by atoms with Crippen molar-refractivity contribution in [1.29, 1.82) is 0 Å². The average Bonchev–Trinajstić information content (AvgIpc) is 3.12.